The number of carbonyl (C=O) groups is 3. The van der Waals surface area contributed by atoms with Crippen LogP contribution in [0.15, 0.2) is 12.2 Å². The van der Waals surface area contributed by atoms with Gasteiger partial charge in [-0.05, 0) is 30.8 Å². The topological polar surface area (TPSA) is 130 Å². The minimum absolute atomic E-state index is 0.0518. The minimum atomic E-state index is -1.76. The second-order valence-corrected chi connectivity index (χ2v) is 10.6. The molecule has 6 fully saturated rings. The summed E-state index contributed by atoms with van der Waals surface area (Å²) in [6, 6.07) is 0. The molecule has 164 valence electrons. The molecule has 4 aliphatic carbocycles. The van der Waals surface area contributed by atoms with Gasteiger partial charge in [0.2, 0.25) is 0 Å². The lowest BCUT2D eigenvalue weighted by molar-refractivity contribution is -0.375. The Bertz CT molecular complexity index is 909. The number of ketones is 2. The highest BCUT2D eigenvalue weighted by Crippen LogP contribution is 2.74. The van der Waals surface area contributed by atoms with Gasteiger partial charge in [0.25, 0.3) is 0 Å². The number of hydrogen-bond donors (Lipinski definition) is 3. The number of fused-ring (bicyclic) bond motifs is 3. The summed E-state index contributed by atoms with van der Waals surface area (Å²) in [4.78, 5) is 39.2. The van der Waals surface area contributed by atoms with Crippen LogP contribution in [0.5, 0.6) is 0 Å². The van der Waals surface area contributed by atoms with Gasteiger partial charge < -0.3 is 24.8 Å². The van der Waals surface area contributed by atoms with E-state index in [1.54, 1.807) is 13.8 Å². The van der Waals surface area contributed by atoms with Crippen molar-refractivity contribution in [3.8, 4) is 0 Å². The molecule has 8 nitrogen and oxygen atoms in total. The zero-order valence-corrected chi connectivity index (χ0v) is 17.4. The van der Waals surface area contributed by atoms with Gasteiger partial charge in [0.15, 0.2) is 11.6 Å². The van der Waals surface area contributed by atoms with Crippen LogP contribution in [0.3, 0.4) is 0 Å². The van der Waals surface area contributed by atoms with E-state index in [0.717, 1.165) is 0 Å². The molecule has 6 aliphatic rings. The first-order valence-electron chi connectivity index (χ1n) is 10.5. The Kier molecular flexibility index (Phi) is 3.66. The lowest BCUT2D eigenvalue weighted by Crippen LogP contribution is -2.80. The molecule has 4 bridgehead atoms. The smallest absolute Gasteiger partial charge is 0.303 e. The summed E-state index contributed by atoms with van der Waals surface area (Å²) >= 11 is 0. The van der Waals surface area contributed by atoms with Crippen molar-refractivity contribution in [1.82, 2.24) is 0 Å². The van der Waals surface area contributed by atoms with Gasteiger partial charge in [-0.1, -0.05) is 20.4 Å². The third-order valence-electron chi connectivity index (χ3n) is 9.19. The molecule has 2 spiro atoms. The van der Waals surface area contributed by atoms with Crippen LogP contribution in [0.4, 0.5) is 0 Å². The maximum absolute atomic E-state index is 13.8. The molecule has 0 aromatic heterocycles. The lowest BCUT2D eigenvalue weighted by Gasteiger charge is -2.70. The highest BCUT2D eigenvalue weighted by Gasteiger charge is 2.83. The molecule has 8 heteroatoms. The summed E-state index contributed by atoms with van der Waals surface area (Å²) in [5, 5.41) is 33.6. The van der Waals surface area contributed by atoms with Crippen LogP contribution < -0.4 is 0 Å². The monoisotopic (exact) mass is 420 g/mol. The molecule has 0 aromatic carbocycles. The Labute approximate surface area is 174 Å². The number of esters is 1. The first-order chi connectivity index (χ1) is 13.8. The number of rotatable bonds is 1. The van der Waals surface area contributed by atoms with Gasteiger partial charge in [-0.2, -0.15) is 0 Å². The number of carbonyl (C=O) groups excluding carboxylic acids is 3. The lowest BCUT2D eigenvalue weighted by atomic mass is 9.37. The van der Waals surface area contributed by atoms with Crippen LogP contribution in [0.25, 0.3) is 0 Å². The number of ether oxygens (including phenoxy) is 2. The minimum Gasteiger partial charge on any atom is -0.457 e. The molecule has 8 atom stereocenters. The summed E-state index contributed by atoms with van der Waals surface area (Å²) in [7, 11) is 0. The number of hydrogen-bond acceptors (Lipinski definition) is 8. The van der Waals surface area contributed by atoms with Crippen molar-refractivity contribution in [3.63, 3.8) is 0 Å². The average molecular weight is 420 g/mol. The number of Topliss-reactive ketones (excluding diaryl/α,β-unsaturated/α-hetero) is 2. The molecular weight excluding hydrogens is 392 g/mol. The standard InChI is InChI=1S/C22H28O8/c1-10-17(30-11(2)23)20-8-19(10,27)6-5-12(20)21-9-29-22(28,7-13(21)24)18(3,4)15(21)14(25)16(20)26/h12,14-15,17,25,27-28H,1,5-9H2,2-4H3/t12-,14+,15-,17-,19+,20-,21-,22-/m1/s1. The Morgan fingerprint density at radius 3 is 2.50 bits per heavy atom. The summed E-state index contributed by atoms with van der Waals surface area (Å²) in [5.41, 5.74) is -4.89. The van der Waals surface area contributed by atoms with Crippen molar-refractivity contribution in [2.75, 3.05) is 6.61 Å². The molecule has 30 heavy (non-hydrogen) atoms. The normalized spacial score (nSPS) is 53.3. The molecule has 2 aliphatic heterocycles. The van der Waals surface area contributed by atoms with E-state index in [2.05, 4.69) is 6.58 Å². The fourth-order valence-electron chi connectivity index (χ4n) is 7.82. The fraction of sp³-hybridized carbons (Fsp3) is 0.773. The van der Waals surface area contributed by atoms with Crippen LogP contribution in [-0.4, -0.2) is 63.1 Å². The molecule has 4 saturated carbocycles. The molecule has 0 amide bonds. The van der Waals surface area contributed by atoms with Crippen molar-refractivity contribution in [3.05, 3.63) is 12.2 Å². The highest BCUT2D eigenvalue weighted by molar-refractivity contribution is 5.99. The molecule has 2 heterocycles. The molecule has 0 radical (unpaired) electrons. The third kappa shape index (κ3) is 1.87. The Hall–Kier alpha value is -1.61. The highest BCUT2D eigenvalue weighted by atomic mass is 16.6. The van der Waals surface area contributed by atoms with Crippen molar-refractivity contribution in [1.29, 1.82) is 0 Å². The predicted molar refractivity (Wildman–Crippen MR) is 101 cm³/mol. The first-order valence-corrected chi connectivity index (χ1v) is 10.5. The Morgan fingerprint density at radius 2 is 1.90 bits per heavy atom. The summed E-state index contributed by atoms with van der Waals surface area (Å²) in [6.45, 7) is 8.47. The van der Waals surface area contributed by atoms with Gasteiger partial charge in [0.1, 0.15) is 18.0 Å². The van der Waals surface area contributed by atoms with Gasteiger partial charge in [0, 0.05) is 18.3 Å². The van der Waals surface area contributed by atoms with Crippen molar-refractivity contribution < 1.29 is 39.2 Å². The van der Waals surface area contributed by atoms with Crippen LogP contribution in [0, 0.1) is 28.1 Å². The SMILES string of the molecule is C=C1[C@@H](OC(C)=O)[C@]23C[C@@]1(O)CC[C@H]2[C@]12CO[C@](O)(CC1=O)C(C)(C)[C@H]2[C@H](O)C3=O. The molecule has 2 saturated heterocycles. The van der Waals surface area contributed by atoms with Crippen LogP contribution in [0.2, 0.25) is 0 Å². The van der Waals surface area contributed by atoms with Crippen molar-refractivity contribution in [2.45, 2.75) is 70.1 Å². The Morgan fingerprint density at radius 1 is 1.23 bits per heavy atom. The number of aliphatic hydroxyl groups excluding tert-OH is 1. The van der Waals surface area contributed by atoms with E-state index in [-0.39, 0.29) is 37.2 Å². The quantitative estimate of drug-likeness (QED) is 0.407. The largest absolute Gasteiger partial charge is 0.457 e. The van der Waals surface area contributed by atoms with E-state index >= 15 is 0 Å². The zero-order valence-electron chi connectivity index (χ0n) is 17.4. The van der Waals surface area contributed by atoms with Gasteiger partial charge in [-0.3, -0.25) is 14.4 Å². The van der Waals surface area contributed by atoms with E-state index < -0.39 is 63.4 Å². The van der Waals surface area contributed by atoms with Gasteiger partial charge >= 0.3 is 5.97 Å². The fourth-order valence-corrected chi connectivity index (χ4v) is 7.82. The molecule has 0 unspecified atom stereocenters. The van der Waals surface area contributed by atoms with E-state index in [4.69, 9.17) is 9.47 Å². The van der Waals surface area contributed by atoms with E-state index in [0.29, 0.717) is 6.42 Å². The van der Waals surface area contributed by atoms with E-state index in [9.17, 15) is 29.7 Å². The van der Waals surface area contributed by atoms with Crippen LogP contribution in [-0.2, 0) is 23.9 Å². The van der Waals surface area contributed by atoms with Gasteiger partial charge in [-0.15, -0.1) is 0 Å². The van der Waals surface area contributed by atoms with Gasteiger partial charge in [-0.25, -0.2) is 0 Å². The van der Waals surface area contributed by atoms with Gasteiger partial charge in [0.05, 0.1) is 29.5 Å². The maximum atomic E-state index is 13.8. The van der Waals surface area contributed by atoms with E-state index in [1.807, 2.05) is 0 Å². The second-order valence-electron chi connectivity index (χ2n) is 10.6. The van der Waals surface area contributed by atoms with Crippen LogP contribution >= 0.6 is 0 Å². The van der Waals surface area contributed by atoms with Crippen molar-refractivity contribution in [2.24, 2.45) is 28.1 Å². The molecule has 6 rings (SSSR count). The molecule has 3 N–H and O–H groups in total. The zero-order chi connectivity index (χ0) is 22.1. The van der Waals surface area contributed by atoms with Crippen LogP contribution in [0.1, 0.15) is 46.5 Å². The summed E-state index contributed by atoms with van der Waals surface area (Å²) < 4.78 is 11.4. The van der Waals surface area contributed by atoms with Crippen molar-refractivity contribution >= 4 is 17.5 Å². The third-order valence-corrected chi connectivity index (χ3v) is 9.19. The average Bonchev–Trinajstić information content (AvgIpc) is 2.80. The number of aliphatic hydroxyl groups is 3. The summed E-state index contributed by atoms with van der Waals surface area (Å²) in [5.74, 6) is -4.63. The van der Waals surface area contributed by atoms with E-state index in [1.165, 1.54) is 6.92 Å². The predicted octanol–water partition coefficient (Wildman–Crippen LogP) is 0.269. The second kappa shape index (κ2) is 5.41. The molecular formula is C22H28O8. The molecule has 0 aromatic rings. The first kappa shape index (κ1) is 20.3. The Balaban J connectivity index is 1.76. The summed E-state index contributed by atoms with van der Waals surface area (Å²) in [6.07, 6.45) is -2.37. The maximum Gasteiger partial charge on any atom is 0.303 e.